The minimum atomic E-state index is -4.43. The molecule has 0 bridgehead atoms. The van der Waals surface area contributed by atoms with E-state index in [1.807, 2.05) is 6.07 Å². The Kier molecular flexibility index (Phi) is 10.4. The fourth-order valence-corrected chi connectivity index (χ4v) is 3.66. The molecule has 0 aliphatic heterocycles. The third kappa shape index (κ3) is 7.05. The van der Waals surface area contributed by atoms with Crippen molar-refractivity contribution in [2.45, 2.75) is 70.1 Å². The second-order valence-electron chi connectivity index (χ2n) is 6.51. The zero-order chi connectivity index (χ0) is 17.6. The quantitative estimate of drug-likeness (QED) is 0.377. The largest absolute Gasteiger partial charge is 1.00 e. The van der Waals surface area contributed by atoms with Gasteiger partial charge in [-0.05, 0) is 59.7 Å². The van der Waals surface area contributed by atoms with Gasteiger partial charge < -0.3 is 4.55 Å². The van der Waals surface area contributed by atoms with Gasteiger partial charge in [-0.3, -0.25) is 0 Å². The van der Waals surface area contributed by atoms with Crippen LogP contribution in [-0.4, -0.2) is 13.0 Å². The Labute approximate surface area is 194 Å². The number of rotatable bonds is 9. The van der Waals surface area contributed by atoms with Gasteiger partial charge in [0.25, 0.3) is 0 Å². The Morgan fingerprint density at radius 2 is 1.52 bits per heavy atom. The summed E-state index contributed by atoms with van der Waals surface area (Å²) in [6, 6.07) is 9.27. The van der Waals surface area contributed by atoms with Gasteiger partial charge in [0, 0.05) is 0 Å². The summed E-state index contributed by atoms with van der Waals surface area (Å²) in [5, 5.41) is 1.94. The van der Waals surface area contributed by atoms with Gasteiger partial charge in [0.05, 0.1) is 4.90 Å². The van der Waals surface area contributed by atoms with Crippen LogP contribution in [0.5, 0.6) is 0 Å². The first kappa shape index (κ1) is 23.3. The van der Waals surface area contributed by atoms with E-state index in [4.69, 9.17) is 0 Å². The molecule has 0 N–H and O–H groups in total. The van der Waals surface area contributed by atoms with E-state index < -0.39 is 10.1 Å². The van der Waals surface area contributed by atoms with Gasteiger partial charge in [0.1, 0.15) is 10.1 Å². The summed E-state index contributed by atoms with van der Waals surface area (Å²) in [7, 11) is -4.43. The zero-order valence-corrected chi connectivity index (χ0v) is 19.6. The van der Waals surface area contributed by atoms with Crippen LogP contribution in [0.25, 0.3) is 10.8 Å². The molecule has 0 saturated heterocycles. The molecule has 0 heterocycles. The Morgan fingerprint density at radius 3 is 2.12 bits per heavy atom. The molecular weight excluding hydrogens is 359 g/mol. The van der Waals surface area contributed by atoms with E-state index in [1.165, 1.54) is 30.9 Å². The van der Waals surface area contributed by atoms with E-state index in [0.29, 0.717) is 0 Å². The number of unbranched alkanes of at least 4 members (excludes halogenated alkanes) is 4. The predicted molar refractivity (Wildman–Crippen MR) is 98.4 cm³/mol. The van der Waals surface area contributed by atoms with Crippen molar-refractivity contribution in [3.05, 3.63) is 41.5 Å². The van der Waals surface area contributed by atoms with Crippen molar-refractivity contribution in [1.29, 1.82) is 0 Å². The number of aryl methyl sites for hydroxylation is 2. The van der Waals surface area contributed by atoms with Crippen LogP contribution in [0.4, 0.5) is 0 Å². The van der Waals surface area contributed by atoms with Crippen LogP contribution in [0.1, 0.15) is 63.5 Å². The molecule has 0 spiro atoms. The molecule has 0 radical (unpaired) electrons. The van der Waals surface area contributed by atoms with Gasteiger partial charge in [-0.2, -0.15) is 0 Å². The van der Waals surface area contributed by atoms with E-state index in [2.05, 4.69) is 26.0 Å². The van der Waals surface area contributed by atoms with Crippen molar-refractivity contribution in [3.63, 3.8) is 0 Å². The first-order valence-electron chi connectivity index (χ1n) is 8.97. The molecule has 0 aliphatic rings. The molecule has 25 heavy (non-hydrogen) atoms. The van der Waals surface area contributed by atoms with Gasteiger partial charge in [-0.1, -0.05) is 57.7 Å². The smallest absolute Gasteiger partial charge is 0.744 e. The van der Waals surface area contributed by atoms with Gasteiger partial charge in [0.2, 0.25) is 0 Å². The molecule has 0 atom stereocenters. The topological polar surface area (TPSA) is 57.2 Å². The third-order valence-corrected chi connectivity index (χ3v) is 5.30. The monoisotopic (exact) mass is 386 g/mol. The molecule has 0 fully saturated rings. The molecule has 3 nitrogen and oxygen atoms in total. The van der Waals surface area contributed by atoms with Gasteiger partial charge in [0.15, 0.2) is 0 Å². The minimum absolute atomic E-state index is 0. The van der Waals surface area contributed by atoms with Crippen LogP contribution in [0.2, 0.25) is 0 Å². The van der Waals surface area contributed by atoms with Crippen molar-refractivity contribution < 1.29 is 64.4 Å². The molecule has 0 saturated carbocycles. The van der Waals surface area contributed by atoms with Crippen LogP contribution in [-0.2, 0) is 23.0 Å². The summed E-state index contributed by atoms with van der Waals surface area (Å²) in [6.45, 7) is 4.33. The van der Waals surface area contributed by atoms with Crippen molar-refractivity contribution in [3.8, 4) is 0 Å². The Hall–Kier alpha value is 0.246. The SMILES string of the molecule is CCCCCc1ccc2cc(S(=O)(=O)[O-])cc(CCCCC)c2c1.[K+]. The van der Waals surface area contributed by atoms with E-state index in [0.717, 1.165) is 48.4 Å². The predicted octanol–water partition coefficient (Wildman–Crippen LogP) is 2.21. The van der Waals surface area contributed by atoms with Crippen molar-refractivity contribution in [2.24, 2.45) is 0 Å². The summed E-state index contributed by atoms with van der Waals surface area (Å²) in [5.41, 5.74) is 2.26. The average molecular weight is 387 g/mol. The van der Waals surface area contributed by atoms with Crippen molar-refractivity contribution >= 4 is 20.9 Å². The molecule has 2 aromatic carbocycles. The van der Waals surface area contributed by atoms with E-state index in [9.17, 15) is 13.0 Å². The van der Waals surface area contributed by atoms with Crippen molar-refractivity contribution in [1.82, 2.24) is 0 Å². The van der Waals surface area contributed by atoms with E-state index in [-0.39, 0.29) is 56.3 Å². The molecule has 0 aromatic heterocycles. The molecule has 132 valence electrons. The van der Waals surface area contributed by atoms with Gasteiger partial charge >= 0.3 is 51.4 Å². The first-order chi connectivity index (χ1) is 11.5. The first-order valence-corrected chi connectivity index (χ1v) is 10.4. The van der Waals surface area contributed by atoms with Crippen molar-refractivity contribution in [2.75, 3.05) is 0 Å². The summed E-state index contributed by atoms with van der Waals surface area (Å²) in [4.78, 5) is -0.111. The Balaban J connectivity index is 0.00000312. The van der Waals surface area contributed by atoms with Crippen LogP contribution in [0.15, 0.2) is 35.2 Å². The maximum atomic E-state index is 11.4. The summed E-state index contributed by atoms with van der Waals surface area (Å²) in [6.07, 6.45) is 8.65. The second kappa shape index (κ2) is 11.2. The van der Waals surface area contributed by atoms with Gasteiger partial charge in [-0.25, -0.2) is 8.42 Å². The number of fused-ring (bicyclic) bond motifs is 1. The Bertz CT molecular complexity index is 785. The second-order valence-corrected chi connectivity index (χ2v) is 7.89. The fourth-order valence-electron chi connectivity index (χ4n) is 3.10. The fraction of sp³-hybridized carbons (Fsp3) is 0.500. The number of hydrogen-bond donors (Lipinski definition) is 0. The molecule has 0 amide bonds. The molecule has 2 aromatic rings. The summed E-state index contributed by atoms with van der Waals surface area (Å²) in [5.74, 6) is 0. The maximum Gasteiger partial charge on any atom is 1.00 e. The summed E-state index contributed by atoms with van der Waals surface area (Å²) >= 11 is 0. The maximum absolute atomic E-state index is 11.4. The minimum Gasteiger partial charge on any atom is -0.744 e. The third-order valence-electron chi connectivity index (χ3n) is 4.49. The van der Waals surface area contributed by atoms with Crippen LogP contribution in [0, 0.1) is 0 Å². The zero-order valence-electron chi connectivity index (χ0n) is 15.7. The normalized spacial score (nSPS) is 11.5. The number of hydrogen-bond acceptors (Lipinski definition) is 3. The van der Waals surface area contributed by atoms with E-state index in [1.54, 1.807) is 6.07 Å². The average Bonchev–Trinajstić information content (AvgIpc) is 2.54. The molecule has 2 rings (SSSR count). The Morgan fingerprint density at radius 1 is 0.880 bits per heavy atom. The number of benzene rings is 2. The van der Waals surface area contributed by atoms with Crippen LogP contribution >= 0.6 is 0 Å². The summed E-state index contributed by atoms with van der Waals surface area (Å²) < 4.78 is 34.3. The molecule has 0 unspecified atom stereocenters. The molecule has 5 heteroatoms. The van der Waals surface area contributed by atoms with Crippen LogP contribution < -0.4 is 51.4 Å². The van der Waals surface area contributed by atoms with E-state index >= 15 is 0 Å². The molecular formula is C20H27KO3S. The van der Waals surface area contributed by atoms with Gasteiger partial charge in [-0.15, -0.1) is 0 Å². The standard InChI is InChI=1S/C20H28O3S.K/c1-3-5-7-9-16-11-12-18-15-19(24(21,22)23)14-17(20(18)13-16)10-8-6-4-2;/h11-15H,3-10H2,1-2H3,(H,21,22,23);/q;+1/p-1. The van der Waals surface area contributed by atoms with Crippen LogP contribution in [0.3, 0.4) is 0 Å². The molecule has 0 aliphatic carbocycles.